The maximum Gasteiger partial charge on any atom is 0.161 e. The molecule has 1 aromatic rings. The molecule has 0 fully saturated rings. The van der Waals surface area contributed by atoms with Crippen molar-refractivity contribution < 1.29 is 19.0 Å². The molecule has 0 aliphatic rings. The molecule has 1 aromatic carbocycles. The fraction of sp³-hybridized carbons (Fsp3) is 0.455. The smallest absolute Gasteiger partial charge is 0.161 e. The van der Waals surface area contributed by atoms with Gasteiger partial charge < -0.3 is 20.3 Å². The summed E-state index contributed by atoms with van der Waals surface area (Å²) in [5.74, 6) is 0.919. The van der Waals surface area contributed by atoms with E-state index in [1.54, 1.807) is 6.07 Å². The van der Waals surface area contributed by atoms with E-state index in [2.05, 4.69) is 0 Å². The van der Waals surface area contributed by atoms with Crippen molar-refractivity contribution in [2.75, 3.05) is 20.8 Å². The number of methoxy groups -OCH3 is 2. The Morgan fingerprint density at radius 1 is 1.31 bits per heavy atom. The van der Waals surface area contributed by atoms with E-state index in [1.807, 2.05) is 0 Å². The van der Waals surface area contributed by atoms with Gasteiger partial charge in [-0.15, -0.1) is 0 Å². The summed E-state index contributed by atoms with van der Waals surface area (Å²) in [4.78, 5) is 0. The van der Waals surface area contributed by atoms with Gasteiger partial charge in [-0.1, -0.05) is 0 Å². The van der Waals surface area contributed by atoms with Crippen LogP contribution in [0.5, 0.6) is 11.5 Å². The highest BCUT2D eigenvalue weighted by Gasteiger charge is 2.15. The molecule has 0 aliphatic heterocycles. The van der Waals surface area contributed by atoms with Gasteiger partial charge in [0.2, 0.25) is 0 Å². The molecule has 0 spiro atoms. The van der Waals surface area contributed by atoms with Crippen molar-refractivity contribution in [2.45, 2.75) is 12.7 Å². The van der Waals surface area contributed by atoms with Crippen LogP contribution in [-0.2, 0) is 6.67 Å². The number of aliphatic hydroxyl groups excluding tert-OH is 1. The highest BCUT2D eigenvalue weighted by atomic mass is 19.1. The van der Waals surface area contributed by atoms with Crippen LogP contribution in [-0.4, -0.2) is 25.9 Å². The van der Waals surface area contributed by atoms with Crippen LogP contribution in [0.1, 0.15) is 17.2 Å². The third-order valence-corrected chi connectivity index (χ3v) is 2.39. The van der Waals surface area contributed by atoms with E-state index < -0.39 is 12.7 Å². The largest absolute Gasteiger partial charge is 0.493 e. The molecule has 5 heteroatoms. The Hall–Kier alpha value is -1.33. The lowest BCUT2D eigenvalue weighted by Crippen LogP contribution is -2.16. The van der Waals surface area contributed by atoms with Crippen LogP contribution in [0.25, 0.3) is 0 Å². The fourth-order valence-electron chi connectivity index (χ4n) is 1.50. The number of benzene rings is 1. The average molecular weight is 229 g/mol. The van der Waals surface area contributed by atoms with Gasteiger partial charge in [-0.3, -0.25) is 0 Å². The predicted octanol–water partition coefficient (Wildman–Crippen LogP) is 1.17. The third kappa shape index (κ3) is 2.43. The lowest BCUT2D eigenvalue weighted by Gasteiger charge is -2.16. The lowest BCUT2D eigenvalue weighted by atomic mass is 10.0. The number of nitrogens with two attached hydrogens (primary N) is 1. The number of rotatable bonds is 5. The molecule has 0 saturated carbocycles. The van der Waals surface area contributed by atoms with E-state index in [0.717, 1.165) is 0 Å². The van der Waals surface area contributed by atoms with Gasteiger partial charge in [0.15, 0.2) is 11.5 Å². The molecule has 90 valence electrons. The fourth-order valence-corrected chi connectivity index (χ4v) is 1.50. The lowest BCUT2D eigenvalue weighted by molar-refractivity contribution is 0.266. The second kappa shape index (κ2) is 5.67. The van der Waals surface area contributed by atoms with E-state index in [4.69, 9.17) is 20.3 Å². The first-order valence-electron chi connectivity index (χ1n) is 4.85. The summed E-state index contributed by atoms with van der Waals surface area (Å²) in [6.07, 6.45) is 0. The Kier molecular flexibility index (Phi) is 4.52. The van der Waals surface area contributed by atoms with Crippen molar-refractivity contribution in [3.05, 3.63) is 23.3 Å². The first-order chi connectivity index (χ1) is 7.67. The Bertz CT molecular complexity index is 357. The molecule has 0 aromatic heterocycles. The monoisotopic (exact) mass is 229 g/mol. The Morgan fingerprint density at radius 2 is 1.88 bits per heavy atom. The van der Waals surface area contributed by atoms with Crippen LogP contribution in [0.3, 0.4) is 0 Å². The zero-order chi connectivity index (χ0) is 12.1. The van der Waals surface area contributed by atoms with Crippen molar-refractivity contribution in [3.63, 3.8) is 0 Å². The summed E-state index contributed by atoms with van der Waals surface area (Å²) < 4.78 is 22.9. The SMILES string of the molecule is COc1cc(CF)c(C(N)CO)cc1OC. The first kappa shape index (κ1) is 12.7. The Morgan fingerprint density at radius 3 is 2.31 bits per heavy atom. The molecule has 0 heterocycles. The molecular formula is C11H16FNO3. The van der Waals surface area contributed by atoms with Gasteiger partial charge in [-0.2, -0.15) is 0 Å². The van der Waals surface area contributed by atoms with E-state index in [1.165, 1.54) is 20.3 Å². The number of hydrogen-bond donors (Lipinski definition) is 2. The predicted molar refractivity (Wildman–Crippen MR) is 58.4 cm³/mol. The van der Waals surface area contributed by atoms with Gasteiger partial charge in [-0.05, 0) is 23.3 Å². The molecule has 0 aliphatic carbocycles. The normalized spacial score (nSPS) is 12.3. The first-order valence-corrected chi connectivity index (χ1v) is 4.85. The number of aliphatic hydroxyl groups is 1. The molecule has 16 heavy (non-hydrogen) atoms. The molecule has 1 atom stereocenters. The minimum absolute atomic E-state index is 0.248. The molecule has 1 rings (SSSR count). The second-order valence-corrected chi connectivity index (χ2v) is 3.33. The summed E-state index contributed by atoms with van der Waals surface area (Å²) in [5, 5.41) is 8.98. The van der Waals surface area contributed by atoms with Crippen LogP contribution in [0, 0.1) is 0 Å². The second-order valence-electron chi connectivity index (χ2n) is 3.33. The number of halogens is 1. The van der Waals surface area contributed by atoms with Gasteiger partial charge >= 0.3 is 0 Å². The van der Waals surface area contributed by atoms with Gasteiger partial charge in [0.05, 0.1) is 26.9 Å². The molecule has 0 bridgehead atoms. The van der Waals surface area contributed by atoms with Crippen LogP contribution in [0.4, 0.5) is 4.39 Å². The van der Waals surface area contributed by atoms with Crippen LogP contribution >= 0.6 is 0 Å². The minimum Gasteiger partial charge on any atom is -0.493 e. The molecule has 3 N–H and O–H groups in total. The number of hydrogen-bond acceptors (Lipinski definition) is 4. The molecule has 0 radical (unpaired) electrons. The van der Waals surface area contributed by atoms with Gasteiger partial charge in [0.1, 0.15) is 6.67 Å². The van der Waals surface area contributed by atoms with Crippen LogP contribution < -0.4 is 15.2 Å². The van der Waals surface area contributed by atoms with Gasteiger partial charge in [0, 0.05) is 0 Å². The van der Waals surface area contributed by atoms with Crippen molar-refractivity contribution in [1.82, 2.24) is 0 Å². The highest BCUT2D eigenvalue weighted by Crippen LogP contribution is 2.33. The summed E-state index contributed by atoms with van der Waals surface area (Å²) >= 11 is 0. The van der Waals surface area contributed by atoms with Gasteiger partial charge in [-0.25, -0.2) is 4.39 Å². The molecule has 0 amide bonds. The van der Waals surface area contributed by atoms with E-state index in [-0.39, 0.29) is 6.61 Å². The third-order valence-electron chi connectivity index (χ3n) is 2.39. The minimum atomic E-state index is -0.663. The average Bonchev–Trinajstić information content (AvgIpc) is 2.35. The maximum atomic E-state index is 12.8. The highest BCUT2D eigenvalue weighted by molar-refractivity contribution is 5.48. The topological polar surface area (TPSA) is 64.7 Å². The van der Waals surface area contributed by atoms with Crippen molar-refractivity contribution >= 4 is 0 Å². The summed E-state index contributed by atoms with van der Waals surface area (Å²) in [6, 6.07) is 2.50. The van der Waals surface area contributed by atoms with E-state index >= 15 is 0 Å². The van der Waals surface area contributed by atoms with Crippen LogP contribution in [0.2, 0.25) is 0 Å². The Labute approximate surface area is 93.8 Å². The van der Waals surface area contributed by atoms with Crippen molar-refractivity contribution in [3.8, 4) is 11.5 Å². The number of ether oxygens (including phenoxy) is 2. The molecular weight excluding hydrogens is 213 g/mol. The summed E-state index contributed by atoms with van der Waals surface area (Å²) in [5.41, 5.74) is 6.61. The van der Waals surface area contributed by atoms with Gasteiger partial charge in [0.25, 0.3) is 0 Å². The zero-order valence-electron chi connectivity index (χ0n) is 9.37. The molecule has 0 saturated heterocycles. The standard InChI is InChI=1S/C11H16FNO3/c1-15-10-3-7(5-12)8(9(13)6-14)4-11(10)16-2/h3-4,9,14H,5-6,13H2,1-2H3. The van der Waals surface area contributed by atoms with E-state index in [9.17, 15) is 4.39 Å². The van der Waals surface area contributed by atoms with E-state index in [0.29, 0.717) is 22.6 Å². The van der Waals surface area contributed by atoms with Crippen molar-refractivity contribution in [1.29, 1.82) is 0 Å². The molecule has 1 unspecified atom stereocenters. The van der Waals surface area contributed by atoms with Crippen LogP contribution in [0.15, 0.2) is 12.1 Å². The molecule has 4 nitrogen and oxygen atoms in total. The Balaban J connectivity index is 3.25. The maximum absolute atomic E-state index is 12.8. The summed E-state index contributed by atoms with van der Waals surface area (Å²) in [7, 11) is 2.97. The quantitative estimate of drug-likeness (QED) is 0.795. The summed E-state index contributed by atoms with van der Waals surface area (Å²) in [6.45, 7) is -0.911. The number of alkyl halides is 1. The van der Waals surface area contributed by atoms with Crippen molar-refractivity contribution in [2.24, 2.45) is 5.73 Å². The zero-order valence-corrected chi connectivity index (χ0v) is 9.37.